The first-order chi connectivity index (χ1) is 27.2. The Labute approximate surface area is 345 Å². The molecule has 0 spiro atoms. The minimum atomic E-state index is -0.834. The van der Waals surface area contributed by atoms with Crippen LogP contribution in [-0.2, 0) is 4.79 Å². The van der Waals surface area contributed by atoms with Crippen molar-refractivity contribution in [3.63, 3.8) is 0 Å². The third-order valence-electron chi connectivity index (χ3n) is 11.7. The van der Waals surface area contributed by atoms with Crippen LogP contribution >= 0.6 is 0 Å². The van der Waals surface area contributed by atoms with Crippen molar-refractivity contribution in [3.05, 3.63) is 24.3 Å². The smallest absolute Gasteiger partial charge is 0.220 e. The predicted octanol–water partition coefficient (Wildman–Crippen LogP) is 16.0. The third kappa shape index (κ3) is 43.8. The normalized spacial score (nSPS) is 13.0. The van der Waals surface area contributed by atoms with E-state index in [1.54, 1.807) is 6.08 Å². The predicted molar refractivity (Wildman–Crippen MR) is 244 cm³/mol. The molecule has 2 unspecified atom stereocenters. The Morgan fingerprint density at radius 3 is 1.00 bits per heavy atom. The van der Waals surface area contributed by atoms with Crippen LogP contribution in [0.25, 0.3) is 0 Å². The lowest BCUT2D eigenvalue weighted by Gasteiger charge is -2.20. The number of carbonyl (C=O) groups excluding carboxylic acids is 1. The molecule has 2 atom stereocenters. The fraction of sp³-hybridized carbons (Fsp3) is 0.902. The zero-order valence-electron chi connectivity index (χ0n) is 37.5. The molecule has 0 rings (SSSR count). The van der Waals surface area contributed by atoms with Gasteiger partial charge in [0.25, 0.3) is 0 Å². The van der Waals surface area contributed by atoms with Gasteiger partial charge in [-0.3, -0.25) is 4.79 Å². The van der Waals surface area contributed by atoms with Crippen molar-refractivity contribution >= 4 is 5.91 Å². The van der Waals surface area contributed by atoms with Gasteiger partial charge in [0.15, 0.2) is 0 Å². The van der Waals surface area contributed by atoms with Crippen LogP contribution in [0.3, 0.4) is 0 Å². The summed E-state index contributed by atoms with van der Waals surface area (Å²) in [5.41, 5.74) is 0. The first-order valence-corrected chi connectivity index (χ1v) is 25.1. The maximum absolute atomic E-state index is 12.4. The Morgan fingerprint density at radius 1 is 0.418 bits per heavy atom. The van der Waals surface area contributed by atoms with Gasteiger partial charge in [0.1, 0.15) is 0 Å². The Kier molecular flexibility index (Phi) is 46.3. The molecule has 0 aromatic carbocycles. The molecule has 0 fully saturated rings. The molecule has 0 aromatic heterocycles. The van der Waals surface area contributed by atoms with Gasteiger partial charge in [0, 0.05) is 6.42 Å². The molecule has 3 N–H and O–H groups in total. The number of allylic oxidation sites excluding steroid dienone is 3. The van der Waals surface area contributed by atoms with Gasteiger partial charge in [-0.1, -0.05) is 250 Å². The summed E-state index contributed by atoms with van der Waals surface area (Å²) >= 11 is 0. The van der Waals surface area contributed by atoms with Crippen molar-refractivity contribution in [1.82, 2.24) is 5.32 Å². The molecule has 4 nitrogen and oxygen atoms in total. The highest BCUT2D eigenvalue weighted by Crippen LogP contribution is 2.16. The minimum absolute atomic E-state index is 0.0605. The summed E-state index contributed by atoms with van der Waals surface area (Å²) in [5.74, 6) is -0.0605. The van der Waals surface area contributed by atoms with E-state index in [-0.39, 0.29) is 12.5 Å². The van der Waals surface area contributed by atoms with Crippen molar-refractivity contribution in [2.45, 2.75) is 289 Å². The van der Waals surface area contributed by atoms with E-state index in [1.807, 2.05) is 6.08 Å². The van der Waals surface area contributed by atoms with Gasteiger partial charge < -0.3 is 15.5 Å². The first-order valence-electron chi connectivity index (χ1n) is 25.1. The summed E-state index contributed by atoms with van der Waals surface area (Å²) in [6, 6.07) is -0.617. The van der Waals surface area contributed by atoms with Crippen LogP contribution < -0.4 is 5.32 Å². The van der Waals surface area contributed by atoms with Crippen molar-refractivity contribution < 1.29 is 15.0 Å². The topological polar surface area (TPSA) is 69.6 Å². The van der Waals surface area contributed by atoms with Crippen LogP contribution in [0.1, 0.15) is 277 Å². The van der Waals surface area contributed by atoms with Gasteiger partial charge in [-0.05, 0) is 44.9 Å². The lowest BCUT2D eigenvalue weighted by molar-refractivity contribution is -0.123. The maximum Gasteiger partial charge on any atom is 0.220 e. The van der Waals surface area contributed by atoms with E-state index >= 15 is 0 Å². The fourth-order valence-corrected chi connectivity index (χ4v) is 7.82. The van der Waals surface area contributed by atoms with Crippen LogP contribution in [0.4, 0.5) is 0 Å². The number of carbonyl (C=O) groups is 1. The van der Waals surface area contributed by atoms with E-state index in [9.17, 15) is 15.0 Å². The molecular weight excluding hydrogens is 675 g/mol. The molecule has 0 aliphatic heterocycles. The van der Waals surface area contributed by atoms with Gasteiger partial charge >= 0.3 is 0 Å². The largest absolute Gasteiger partial charge is 0.394 e. The highest BCUT2D eigenvalue weighted by Gasteiger charge is 2.18. The van der Waals surface area contributed by atoms with Crippen molar-refractivity contribution in [2.75, 3.05) is 6.61 Å². The molecule has 0 aliphatic rings. The fourth-order valence-electron chi connectivity index (χ4n) is 7.82. The summed E-state index contributed by atoms with van der Waals surface area (Å²) in [6.45, 7) is 4.32. The van der Waals surface area contributed by atoms with E-state index < -0.39 is 12.1 Å². The number of rotatable bonds is 46. The number of hydrogen-bond acceptors (Lipinski definition) is 3. The molecule has 0 aromatic rings. The highest BCUT2D eigenvalue weighted by atomic mass is 16.3. The van der Waals surface area contributed by atoms with E-state index in [1.165, 1.54) is 231 Å². The minimum Gasteiger partial charge on any atom is -0.394 e. The maximum atomic E-state index is 12.4. The lowest BCUT2D eigenvalue weighted by Crippen LogP contribution is -2.45. The van der Waals surface area contributed by atoms with Crippen LogP contribution in [0.15, 0.2) is 24.3 Å². The molecule has 55 heavy (non-hydrogen) atoms. The molecule has 0 saturated heterocycles. The van der Waals surface area contributed by atoms with E-state index in [0.717, 1.165) is 25.7 Å². The number of aliphatic hydroxyl groups excluding tert-OH is 2. The second kappa shape index (κ2) is 47.2. The molecule has 0 saturated carbocycles. The summed E-state index contributed by atoms with van der Waals surface area (Å²) in [6.07, 6.45) is 61.8. The van der Waals surface area contributed by atoms with E-state index in [0.29, 0.717) is 6.42 Å². The summed E-state index contributed by atoms with van der Waals surface area (Å²) in [7, 11) is 0. The molecule has 0 aliphatic carbocycles. The molecular formula is C51H99NO3. The molecule has 0 heterocycles. The number of amides is 1. The monoisotopic (exact) mass is 774 g/mol. The highest BCUT2D eigenvalue weighted by molar-refractivity contribution is 5.76. The lowest BCUT2D eigenvalue weighted by atomic mass is 10.0. The molecule has 1 amide bonds. The van der Waals surface area contributed by atoms with Gasteiger partial charge in [0.05, 0.1) is 18.8 Å². The van der Waals surface area contributed by atoms with Crippen molar-refractivity contribution in [1.29, 1.82) is 0 Å². The standard InChI is InChI=1S/C51H99NO3/c1-3-5-7-9-11-13-15-17-18-19-20-21-22-23-24-25-26-27-28-29-30-31-32-33-34-35-37-39-41-43-45-47-51(55)52-49(48-53)50(54)46-44-42-40-38-36-16-14-12-10-8-6-4-2/h19-20,44,46,49-50,53-54H,3-18,21-43,45,47-48H2,1-2H3,(H,52,55)/b20-19-,46-44+. The Bertz CT molecular complexity index is 795. The Balaban J connectivity index is 3.41. The van der Waals surface area contributed by atoms with Crippen LogP contribution in [0.2, 0.25) is 0 Å². The number of aliphatic hydroxyl groups is 2. The van der Waals surface area contributed by atoms with Gasteiger partial charge in [0.2, 0.25) is 5.91 Å². The summed E-state index contributed by atoms with van der Waals surface area (Å²) in [4.78, 5) is 12.4. The molecule has 326 valence electrons. The average molecular weight is 774 g/mol. The number of hydrogen-bond donors (Lipinski definition) is 3. The van der Waals surface area contributed by atoms with Gasteiger partial charge in [-0.25, -0.2) is 0 Å². The second-order valence-corrected chi connectivity index (χ2v) is 17.2. The van der Waals surface area contributed by atoms with Gasteiger partial charge in [-0.2, -0.15) is 0 Å². The zero-order chi connectivity index (χ0) is 40.0. The second-order valence-electron chi connectivity index (χ2n) is 17.2. The van der Waals surface area contributed by atoms with Crippen molar-refractivity contribution in [3.8, 4) is 0 Å². The molecule has 0 radical (unpaired) electrons. The SMILES string of the molecule is CCCCCCCCCC/C=C\CCCCCCCCCCCCCCCCCCCCCC(=O)NC(CO)C(O)/C=C/CCCCCCCCCCCC. The zero-order valence-corrected chi connectivity index (χ0v) is 37.5. The Hall–Kier alpha value is -1.13. The average Bonchev–Trinajstić information content (AvgIpc) is 3.19. The van der Waals surface area contributed by atoms with Crippen LogP contribution in [0, 0.1) is 0 Å². The van der Waals surface area contributed by atoms with Crippen molar-refractivity contribution in [2.24, 2.45) is 0 Å². The van der Waals surface area contributed by atoms with Gasteiger partial charge in [-0.15, -0.1) is 0 Å². The molecule has 0 bridgehead atoms. The quantitative estimate of drug-likeness (QED) is 0.0426. The third-order valence-corrected chi connectivity index (χ3v) is 11.7. The number of nitrogens with one attached hydrogen (secondary N) is 1. The van der Waals surface area contributed by atoms with Crippen LogP contribution in [0.5, 0.6) is 0 Å². The number of unbranched alkanes of at least 4 members (excludes halogenated alkanes) is 37. The van der Waals surface area contributed by atoms with Crippen LogP contribution in [-0.4, -0.2) is 34.9 Å². The van der Waals surface area contributed by atoms with E-state index in [2.05, 4.69) is 31.3 Å². The van der Waals surface area contributed by atoms with E-state index in [4.69, 9.17) is 0 Å². The molecule has 4 heteroatoms. The summed E-state index contributed by atoms with van der Waals surface area (Å²) < 4.78 is 0. The summed E-state index contributed by atoms with van der Waals surface area (Å²) in [5, 5.41) is 23.0. The Morgan fingerprint density at radius 2 is 0.691 bits per heavy atom. The first kappa shape index (κ1) is 53.9.